The van der Waals surface area contributed by atoms with Gasteiger partial charge in [0.15, 0.2) is 18.1 Å². The SMILES string of the molecule is COc1cc(CN(C)C(=O)COc2ccc(S(=O)(=O)NC(C)c3ccccc3)cc2)cc(OC)c1OC. The molecule has 3 aromatic rings. The Balaban J connectivity index is 1.58. The highest BCUT2D eigenvalue weighted by Gasteiger charge is 2.19. The number of carbonyl (C=O) groups is 1. The summed E-state index contributed by atoms with van der Waals surface area (Å²) in [5.74, 6) is 1.59. The zero-order valence-electron chi connectivity index (χ0n) is 21.6. The van der Waals surface area contributed by atoms with Crippen molar-refractivity contribution < 1.29 is 32.2 Å². The predicted molar refractivity (Wildman–Crippen MR) is 140 cm³/mol. The summed E-state index contributed by atoms with van der Waals surface area (Å²) in [4.78, 5) is 14.3. The van der Waals surface area contributed by atoms with Crippen LogP contribution in [0, 0.1) is 0 Å². The molecule has 0 aliphatic rings. The van der Waals surface area contributed by atoms with Crippen LogP contribution < -0.4 is 23.7 Å². The Morgan fingerprint density at radius 3 is 2.05 bits per heavy atom. The lowest BCUT2D eigenvalue weighted by atomic mass is 10.1. The summed E-state index contributed by atoms with van der Waals surface area (Å²) in [5, 5.41) is 0. The first-order valence-electron chi connectivity index (χ1n) is 11.5. The zero-order chi connectivity index (χ0) is 27.0. The summed E-state index contributed by atoms with van der Waals surface area (Å²) in [6.45, 7) is 1.86. The maximum atomic E-state index is 12.7. The highest BCUT2D eigenvalue weighted by Crippen LogP contribution is 2.38. The molecular weight excluding hydrogens is 496 g/mol. The van der Waals surface area contributed by atoms with Crippen molar-refractivity contribution >= 4 is 15.9 Å². The topological polar surface area (TPSA) is 103 Å². The molecular formula is C27H32N2O7S. The van der Waals surface area contributed by atoms with Crippen LogP contribution in [0.1, 0.15) is 24.1 Å². The van der Waals surface area contributed by atoms with Gasteiger partial charge in [0, 0.05) is 19.6 Å². The molecule has 0 aliphatic carbocycles. The van der Waals surface area contributed by atoms with Crippen LogP contribution in [-0.4, -0.2) is 54.2 Å². The van der Waals surface area contributed by atoms with Crippen LogP contribution in [0.3, 0.4) is 0 Å². The lowest BCUT2D eigenvalue weighted by Crippen LogP contribution is -2.31. The number of hydrogen-bond acceptors (Lipinski definition) is 7. The lowest BCUT2D eigenvalue weighted by molar-refractivity contribution is -0.132. The smallest absolute Gasteiger partial charge is 0.260 e. The molecule has 10 heteroatoms. The third kappa shape index (κ3) is 7.14. The molecule has 9 nitrogen and oxygen atoms in total. The highest BCUT2D eigenvalue weighted by molar-refractivity contribution is 7.89. The van der Waals surface area contributed by atoms with Gasteiger partial charge in [0.2, 0.25) is 15.8 Å². The molecule has 1 N–H and O–H groups in total. The maximum absolute atomic E-state index is 12.7. The van der Waals surface area contributed by atoms with E-state index in [1.165, 1.54) is 50.5 Å². The van der Waals surface area contributed by atoms with Crippen molar-refractivity contribution in [2.24, 2.45) is 0 Å². The standard InChI is InChI=1S/C27H32N2O7S/c1-19(21-9-7-6-8-10-21)28-37(31,32)23-13-11-22(12-14-23)36-18-26(30)29(2)17-20-15-24(33-3)27(35-5)25(16-20)34-4/h6-16,19,28H,17-18H2,1-5H3. The van der Waals surface area contributed by atoms with Gasteiger partial charge < -0.3 is 23.8 Å². The number of sulfonamides is 1. The Morgan fingerprint density at radius 2 is 1.51 bits per heavy atom. The summed E-state index contributed by atoms with van der Waals surface area (Å²) in [7, 11) is 2.51. The Bertz CT molecular complexity index is 1270. The Kier molecular flexibility index (Phi) is 9.37. The fraction of sp³-hybridized carbons (Fsp3) is 0.296. The summed E-state index contributed by atoms with van der Waals surface area (Å²) >= 11 is 0. The number of nitrogens with one attached hydrogen (secondary N) is 1. The summed E-state index contributed by atoms with van der Waals surface area (Å²) in [6, 6.07) is 18.4. The number of methoxy groups -OCH3 is 3. The fourth-order valence-electron chi connectivity index (χ4n) is 3.67. The van der Waals surface area contributed by atoms with Crippen molar-refractivity contribution in [2.45, 2.75) is 24.4 Å². The van der Waals surface area contributed by atoms with Crippen molar-refractivity contribution in [1.29, 1.82) is 0 Å². The largest absolute Gasteiger partial charge is 0.493 e. The van der Waals surface area contributed by atoms with E-state index in [-0.39, 0.29) is 23.5 Å². The van der Waals surface area contributed by atoms with Gasteiger partial charge in [0.05, 0.1) is 26.2 Å². The van der Waals surface area contributed by atoms with Crippen LogP contribution >= 0.6 is 0 Å². The molecule has 1 atom stereocenters. The number of amides is 1. The van der Waals surface area contributed by atoms with Crippen molar-refractivity contribution in [3.05, 3.63) is 77.9 Å². The molecule has 3 aromatic carbocycles. The molecule has 0 heterocycles. The third-order valence-electron chi connectivity index (χ3n) is 5.70. The number of likely N-dealkylation sites (N-methyl/N-ethyl adjacent to an activating group) is 1. The Morgan fingerprint density at radius 1 is 0.919 bits per heavy atom. The molecule has 1 unspecified atom stereocenters. The number of benzene rings is 3. The molecule has 3 rings (SSSR count). The van der Waals surface area contributed by atoms with Crippen LogP contribution in [0.2, 0.25) is 0 Å². The molecule has 0 spiro atoms. The molecule has 0 saturated heterocycles. The van der Waals surface area contributed by atoms with Crippen LogP contribution in [-0.2, 0) is 21.4 Å². The molecule has 37 heavy (non-hydrogen) atoms. The van der Waals surface area contributed by atoms with Gasteiger partial charge in [0.25, 0.3) is 5.91 Å². The summed E-state index contributed by atoms with van der Waals surface area (Å²) < 4.78 is 49.8. The van der Waals surface area contributed by atoms with Gasteiger partial charge >= 0.3 is 0 Å². The second-order valence-corrected chi connectivity index (χ2v) is 10.0. The molecule has 1 amide bonds. The van der Waals surface area contributed by atoms with E-state index in [9.17, 15) is 13.2 Å². The van der Waals surface area contributed by atoms with Gasteiger partial charge in [-0.15, -0.1) is 0 Å². The van der Waals surface area contributed by atoms with Crippen LogP contribution in [0.15, 0.2) is 71.6 Å². The van der Waals surface area contributed by atoms with Gasteiger partial charge in [0.1, 0.15) is 5.75 Å². The molecule has 0 saturated carbocycles. The highest BCUT2D eigenvalue weighted by atomic mass is 32.2. The minimum Gasteiger partial charge on any atom is -0.493 e. The average Bonchev–Trinajstić information content (AvgIpc) is 2.91. The number of ether oxygens (including phenoxy) is 4. The van der Waals surface area contributed by atoms with Crippen molar-refractivity contribution in [3.63, 3.8) is 0 Å². The van der Waals surface area contributed by atoms with E-state index < -0.39 is 10.0 Å². The minimum atomic E-state index is -3.73. The van der Waals surface area contributed by atoms with E-state index >= 15 is 0 Å². The number of hydrogen-bond donors (Lipinski definition) is 1. The molecule has 0 radical (unpaired) electrons. The van der Waals surface area contributed by atoms with E-state index in [0.717, 1.165) is 11.1 Å². The maximum Gasteiger partial charge on any atom is 0.260 e. The van der Waals surface area contributed by atoms with Gasteiger partial charge in [-0.25, -0.2) is 13.1 Å². The van der Waals surface area contributed by atoms with Crippen LogP contribution in [0.25, 0.3) is 0 Å². The number of carbonyl (C=O) groups excluding carboxylic acids is 1. The Labute approximate surface area is 218 Å². The molecule has 198 valence electrons. The normalized spacial score (nSPS) is 11.9. The number of rotatable bonds is 12. The second kappa shape index (κ2) is 12.5. The number of nitrogens with zero attached hydrogens (tertiary/aromatic N) is 1. The predicted octanol–water partition coefficient (Wildman–Crippen LogP) is 3.79. The minimum absolute atomic E-state index is 0.105. The van der Waals surface area contributed by atoms with E-state index in [1.54, 1.807) is 26.1 Å². The Hall–Kier alpha value is -3.76. The summed E-state index contributed by atoms with van der Waals surface area (Å²) in [5.41, 5.74) is 1.65. The first kappa shape index (κ1) is 27.8. The second-order valence-electron chi connectivity index (χ2n) is 8.30. The van der Waals surface area contributed by atoms with Gasteiger partial charge in [-0.05, 0) is 54.4 Å². The van der Waals surface area contributed by atoms with Crippen LogP contribution in [0.5, 0.6) is 23.0 Å². The lowest BCUT2D eigenvalue weighted by Gasteiger charge is -2.20. The van der Waals surface area contributed by atoms with Gasteiger partial charge in [-0.3, -0.25) is 4.79 Å². The van der Waals surface area contributed by atoms with Crippen molar-refractivity contribution in [2.75, 3.05) is 35.0 Å². The molecule has 0 fully saturated rings. The summed E-state index contributed by atoms with van der Waals surface area (Å²) in [6.07, 6.45) is 0. The van der Waals surface area contributed by atoms with E-state index in [0.29, 0.717) is 29.5 Å². The zero-order valence-corrected chi connectivity index (χ0v) is 22.4. The molecule has 0 bridgehead atoms. The third-order valence-corrected chi connectivity index (χ3v) is 7.25. The van der Waals surface area contributed by atoms with Crippen molar-refractivity contribution in [3.8, 4) is 23.0 Å². The van der Waals surface area contributed by atoms with Crippen molar-refractivity contribution in [1.82, 2.24) is 9.62 Å². The van der Waals surface area contributed by atoms with Gasteiger partial charge in [-0.2, -0.15) is 0 Å². The fourth-order valence-corrected chi connectivity index (χ4v) is 4.90. The van der Waals surface area contributed by atoms with E-state index in [2.05, 4.69) is 4.72 Å². The molecule has 0 aliphatic heterocycles. The molecule has 0 aromatic heterocycles. The quantitative estimate of drug-likeness (QED) is 0.382. The van der Waals surface area contributed by atoms with Crippen LogP contribution in [0.4, 0.5) is 0 Å². The first-order valence-corrected chi connectivity index (χ1v) is 13.0. The average molecular weight is 529 g/mol. The van der Waals surface area contributed by atoms with Gasteiger partial charge in [-0.1, -0.05) is 30.3 Å². The first-order chi connectivity index (χ1) is 17.7. The monoisotopic (exact) mass is 528 g/mol. The van der Waals surface area contributed by atoms with E-state index in [4.69, 9.17) is 18.9 Å². The van der Waals surface area contributed by atoms with E-state index in [1.807, 2.05) is 30.3 Å².